The molecule has 2 aliphatic heterocycles. The summed E-state index contributed by atoms with van der Waals surface area (Å²) >= 11 is 0. The molecule has 3 heteroatoms. The Balaban J connectivity index is 1.67. The number of nitrogens with zero attached hydrogens (tertiary/aromatic N) is 1. The van der Waals surface area contributed by atoms with E-state index in [1.54, 1.807) is 0 Å². The predicted octanol–water partition coefficient (Wildman–Crippen LogP) is 3.05. The Labute approximate surface area is 115 Å². The van der Waals surface area contributed by atoms with Crippen LogP contribution in [0.5, 0.6) is 0 Å². The van der Waals surface area contributed by atoms with E-state index in [2.05, 4.69) is 35.5 Å². The summed E-state index contributed by atoms with van der Waals surface area (Å²) in [4.78, 5) is 2.34. The van der Waals surface area contributed by atoms with E-state index in [0.29, 0.717) is 6.10 Å². The summed E-state index contributed by atoms with van der Waals surface area (Å²) in [6.07, 6.45) is 6.59. The molecule has 0 spiro atoms. The molecule has 1 unspecified atom stereocenters. The first-order valence-corrected chi connectivity index (χ1v) is 7.52. The smallest absolute Gasteiger partial charge is 0.0749 e. The zero-order chi connectivity index (χ0) is 13.1. The number of rotatable bonds is 3. The Bertz CT molecular complexity index is 427. The molecule has 0 aliphatic carbocycles. The van der Waals surface area contributed by atoms with Crippen molar-refractivity contribution in [2.45, 2.75) is 38.2 Å². The number of fused-ring (bicyclic) bond motifs is 1. The van der Waals surface area contributed by atoms with Crippen LogP contribution in [-0.2, 0) is 11.2 Å². The van der Waals surface area contributed by atoms with Gasteiger partial charge in [0, 0.05) is 38.1 Å². The van der Waals surface area contributed by atoms with Crippen molar-refractivity contribution in [3.63, 3.8) is 0 Å². The van der Waals surface area contributed by atoms with Crippen LogP contribution in [0.15, 0.2) is 18.2 Å². The van der Waals surface area contributed by atoms with Gasteiger partial charge in [-0.1, -0.05) is 0 Å². The molecular formula is C16H24N2O. The maximum Gasteiger partial charge on any atom is 0.0749 e. The highest BCUT2D eigenvalue weighted by atomic mass is 16.5. The molecule has 1 atom stereocenters. The summed E-state index contributed by atoms with van der Waals surface area (Å²) in [5.41, 5.74) is 4.09. The molecule has 0 bridgehead atoms. The number of nitrogens with one attached hydrogen (secondary N) is 1. The van der Waals surface area contributed by atoms with Gasteiger partial charge in [-0.05, 0) is 55.9 Å². The molecule has 1 N–H and O–H groups in total. The number of hydrogen-bond acceptors (Lipinski definition) is 3. The average Bonchev–Trinajstić information content (AvgIpc) is 2.48. The third-order valence-electron chi connectivity index (χ3n) is 4.22. The monoisotopic (exact) mass is 260 g/mol. The second-order valence-corrected chi connectivity index (χ2v) is 5.74. The Morgan fingerprint density at radius 3 is 3.11 bits per heavy atom. The quantitative estimate of drug-likeness (QED) is 0.904. The van der Waals surface area contributed by atoms with Gasteiger partial charge >= 0.3 is 0 Å². The van der Waals surface area contributed by atoms with Crippen LogP contribution in [-0.4, -0.2) is 32.8 Å². The van der Waals surface area contributed by atoms with Gasteiger partial charge in [0.15, 0.2) is 0 Å². The third-order valence-corrected chi connectivity index (χ3v) is 4.22. The molecule has 1 saturated heterocycles. The van der Waals surface area contributed by atoms with Crippen molar-refractivity contribution in [3.05, 3.63) is 23.8 Å². The van der Waals surface area contributed by atoms with Crippen LogP contribution in [0.25, 0.3) is 0 Å². The van der Waals surface area contributed by atoms with Gasteiger partial charge in [0.2, 0.25) is 0 Å². The van der Waals surface area contributed by atoms with E-state index in [1.807, 2.05) is 0 Å². The highest BCUT2D eigenvalue weighted by molar-refractivity contribution is 5.61. The lowest BCUT2D eigenvalue weighted by Crippen LogP contribution is -2.33. The molecule has 19 heavy (non-hydrogen) atoms. The number of hydrogen-bond donors (Lipinski definition) is 1. The molecule has 0 aromatic heterocycles. The van der Waals surface area contributed by atoms with Crippen LogP contribution in [0.1, 0.15) is 31.2 Å². The molecular weight excluding hydrogens is 236 g/mol. The minimum atomic E-state index is 0.410. The molecule has 2 aliphatic rings. The lowest BCUT2D eigenvalue weighted by Gasteiger charge is -2.29. The van der Waals surface area contributed by atoms with E-state index in [0.717, 1.165) is 19.7 Å². The zero-order valence-corrected chi connectivity index (χ0v) is 11.8. The van der Waals surface area contributed by atoms with E-state index < -0.39 is 0 Å². The third kappa shape index (κ3) is 3.03. The minimum absolute atomic E-state index is 0.410. The number of likely N-dealkylation sites (N-methyl/N-ethyl adjacent to an activating group) is 1. The summed E-state index contributed by atoms with van der Waals surface area (Å²) in [6.45, 7) is 3.05. The minimum Gasteiger partial charge on any atom is -0.385 e. The molecule has 2 heterocycles. The van der Waals surface area contributed by atoms with Crippen LogP contribution in [0.3, 0.4) is 0 Å². The van der Waals surface area contributed by atoms with E-state index in [9.17, 15) is 0 Å². The summed E-state index contributed by atoms with van der Waals surface area (Å²) in [5.74, 6) is 0. The predicted molar refractivity (Wildman–Crippen MR) is 80.1 cm³/mol. The van der Waals surface area contributed by atoms with Crippen molar-refractivity contribution in [3.8, 4) is 0 Å². The van der Waals surface area contributed by atoms with Gasteiger partial charge in [0.05, 0.1) is 6.10 Å². The molecule has 1 fully saturated rings. The number of anilines is 2. The van der Waals surface area contributed by atoms with Gasteiger partial charge < -0.3 is 15.0 Å². The Hall–Kier alpha value is -1.22. The maximum atomic E-state index is 5.83. The first-order chi connectivity index (χ1) is 9.33. The maximum absolute atomic E-state index is 5.83. The van der Waals surface area contributed by atoms with Crippen LogP contribution in [0.4, 0.5) is 11.4 Å². The van der Waals surface area contributed by atoms with E-state index >= 15 is 0 Å². The first kappa shape index (κ1) is 12.8. The topological polar surface area (TPSA) is 24.5 Å². The number of ether oxygens (including phenoxy) is 1. The van der Waals surface area contributed by atoms with E-state index in [4.69, 9.17) is 4.74 Å². The highest BCUT2D eigenvalue weighted by Crippen LogP contribution is 2.27. The molecule has 3 nitrogen and oxygen atoms in total. The fourth-order valence-electron chi connectivity index (χ4n) is 3.06. The van der Waals surface area contributed by atoms with Gasteiger partial charge in [-0.15, -0.1) is 0 Å². The number of benzene rings is 1. The largest absolute Gasteiger partial charge is 0.385 e. The van der Waals surface area contributed by atoms with Crippen molar-refractivity contribution < 1.29 is 4.74 Å². The lowest BCUT2D eigenvalue weighted by atomic mass is 10.0. The summed E-state index contributed by atoms with van der Waals surface area (Å²) in [6, 6.07) is 6.78. The van der Waals surface area contributed by atoms with Gasteiger partial charge in [0.1, 0.15) is 0 Å². The second-order valence-electron chi connectivity index (χ2n) is 5.74. The standard InChI is InChI=1S/C16H24N2O/c1-18(12-15-6-2-3-10-19-15)14-7-8-16-13(11-14)5-4-9-17-16/h7-8,11,15,17H,2-6,9-10,12H2,1H3. The molecule has 0 amide bonds. The second kappa shape index (κ2) is 5.83. The Morgan fingerprint density at radius 2 is 2.26 bits per heavy atom. The van der Waals surface area contributed by atoms with Crippen molar-refractivity contribution in [2.75, 3.05) is 37.0 Å². The summed E-state index contributed by atoms with van der Waals surface area (Å²) in [7, 11) is 2.18. The highest BCUT2D eigenvalue weighted by Gasteiger charge is 2.17. The molecule has 3 rings (SSSR count). The first-order valence-electron chi connectivity index (χ1n) is 7.52. The average molecular weight is 260 g/mol. The summed E-state index contributed by atoms with van der Waals surface area (Å²) < 4.78 is 5.83. The molecule has 1 aromatic rings. The SMILES string of the molecule is CN(CC1CCCCO1)c1ccc2c(c1)CCCN2. The van der Waals surface area contributed by atoms with Gasteiger partial charge in [-0.25, -0.2) is 0 Å². The fraction of sp³-hybridized carbons (Fsp3) is 0.625. The lowest BCUT2D eigenvalue weighted by molar-refractivity contribution is 0.0216. The molecule has 0 radical (unpaired) electrons. The van der Waals surface area contributed by atoms with Crippen molar-refractivity contribution >= 4 is 11.4 Å². The Morgan fingerprint density at radius 1 is 1.32 bits per heavy atom. The van der Waals surface area contributed by atoms with Crippen molar-refractivity contribution in [1.82, 2.24) is 0 Å². The normalized spacial score (nSPS) is 22.5. The Kier molecular flexibility index (Phi) is 3.92. The fourth-order valence-corrected chi connectivity index (χ4v) is 3.06. The molecule has 0 saturated carbocycles. The zero-order valence-electron chi connectivity index (χ0n) is 11.8. The van der Waals surface area contributed by atoms with Crippen LogP contribution < -0.4 is 10.2 Å². The van der Waals surface area contributed by atoms with Gasteiger partial charge in [0.25, 0.3) is 0 Å². The van der Waals surface area contributed by atoms with Crippen LogP contribution in [0.2, 0.25) is 0 Å². The van der Waals surface area contributed by atoms with E-state index in [-0.39, 0.29) is 0 Å². The van der Waals surface area contributed by atoms with Gasteiger partial charge in [-0.3, -0.25) is 0 Å². The van der Waals surface area contributed by atoms with Gasteiger partial charge in [-0.2, -0.15) is 0 Å². The van der Waals surface area contributed by atoms with E-state index in [1.165, 1.54) is 49.0 Å². The van der Waals surface area contributed by atoms with Crippen LogP contribution >= 0.6 is 0 Å². The van der Waals surface area contributed by atoms with Crippen molar-refractivity contribution in [2.24, 2.45) is 0 Å². The number of aryl methyl sites for hydroxylation is 1. The van der Waals surface area contributed by atoms with Crippen LogP contribution in [0, 0.1) is 0 Å². The molecule has 104 valence electrons. The summed E-state index contributed by atoms with van der Waals surface area (Å²) in [5, 5.41) is 3.47. The van der Waals surface area contributed by atoms with Crippen molar-refractivity contribution in [1.29, 1.82) is 0 Å². The molecule has 1 aromatic carbocycles.